The van der Waals surface area contributed by atoms with Crippen LogP contribution in [0.15, 0.2) is 48.5 Å². The molecule has 0 spiro atoms. The molecule has 0 saturated carbocycles. The Morgan fingerprint density at radius 3 is 1.68 bits per heavy atom. The van der Waals surface area contributed by atoms with Crippen LogP contribution in [0.3, 0.4) is 0 Å². The Kier molecular flexibility index (Phi) is 9.30. The molecule has 0 saturated heterocycles. The molecule has 28 heavy (non-hydrogen) atoms. The number of aromatic nitrogens is 2. The van der Waals surface area contributed by atoms with Crippen molar-refractivity contribution >= 4 is 34.0 Å². The molecule has 0 bridgehead atoms. The van der Waals surface area contributed by atoms with Crippen LogP contribution in [-0.4, -0.2) is 21.5 Å². The fourth-order valence-electron chi connectivity index (χ4n) is 2.22. The van der Waals surface area contributed by atoms with Crippen LogP contribution in [0.2, 0.25) is 0 Å². The predicted octanol–water partition coefficient (Wildman–Crippen LogP) is 3.91. The number of ketones is 2. The lowest BCUT2D eigenvalue weighted by molar-refractivity contribution is -0.135. The van der Waals surface area contributed by atoms with Crippen molar-refractivity contribution in [2.45, 2.75) is 40.5 Å². The fraction of sp³-hybridized carbons (Fsp3) is 0.273. The van der Waals surface area contributed by atoms with E-state index in [2.05, 4.69) is 16.9 Å². The molecule has 0 radical (unpaired) electrons. The van der Waals surface area contributed by atoms with E-state index in [0.29, 0.717) is 17.8 Å². The second kappa shape index (κ2) is 11.4. The van der Waals surface area contributed by atoms with Gasteiger partial charge in [-0.3, -0.25) is 9.59 Å². The van der Waals surface area contributed by atoms with E-state index in [1.807, 2.05) is 43.3 Å². The van der Waals surface area contributed by atoms with Crippen LogP contribution in [0.4, 0.5) is 11.4 Å². The standard InChI is InChI=1S/C11H12N2.C6H8N2.C5H8O2/c1-3-9-8(2)12-10-6-4-5-7-11(10)13-9;7-5-3-1-2-4-6(5)8;1-3-5(7)4(2)6/h4-7H,3H2,1-2H3;1-4H,7-8H2;3H2,1-2H3. The summed E-state index contributed by atoms with van der Waals surface area (Å²) in [4.78, 5) is 29.2. The third kappa shape index (κ3) is 7.15. The molecule has 0 aliphatic carbocycles. The van der Waals surface area contributed by atoms with Crippen LogP contribution >= 0.6 is 0 Å². The van der Waals surface area contributed by atoms with E-state index in [1.165, 1.54) is 6.92 Å². The van der Waals surface area contributed by atoms with Crippen molar-refractivity contribution in [3.05, 3.63) is 59.9 Å². The maximum atomic E-state index is 10.2. The van der Waals surface area contributed by atoms with Crippen molar-refractivity contribution in [3.8, 4) is 0 Å². The van der Waals surface area contributed by atoms with Gasteiger partial charge in [0.05, 0.1) is 33.8 Å². The Balaban J connectivity index is 0.000000227. The van der Waals surface area contributed by atoms with Crippen molar-refractivity contribution in [3.63, 3.8) is 0 Å². The second-order valence-corrected chi connectivity index (χ2v) is 6.06. The first kappa shape index (κ1) is 22.8. The molecule has 0 amide bonds. The molecule has 0 aliphatic rings. The summed E-state index contributed by atoms with van der Waals surface area (Å²) >= 11 is 0. The van der Waals surface area contributed by atoms with Crippen molar-refractivity contribution in [1.29, 1.82) is 0 Å². The summed E-state index contributed by atoms with van der Waals surface area (Å²) in [5, 5.41) is 0. The number of aryl methyl sites for hydroxylation is 2. The molecule has 6 nitrogen and oxygen atoms in total. The van der Waals surface area contributed by atoms with Crippen LogP contribution in [0.5, 0.6) is 0 Å². The number of rotatable bonds is 3. The molecule has 0 unspecified atom stereocenters. The molecule has 1 heterocycles. The van der Waals surface area contributed by atoms with Crippen LogP contribution in [0, 0.1) is 6.92 Å². The number of para-hydroxylation sites is 4. The molecular formula is C22H28N4O2. The number of carbonyl (C=O) groups is 2. The first-order valence-corrected chi connectivity index (χ1v) is 9.16. The summed E-state index contributed by atoms with van der Waals surface area (Å²) in [6.07, 6.45) is 1.28. The normalized spacial score (nSPS) is 9.57. The molecule has 0 aliphatic heterocycles. The lowest BCUT2D eigenvalue weighted by atomic mass is 10.2. The summed E-state index contributed by atoms with van der Waals surface area (Å²) in [6.45, 7) is 7.07. The van der Waals surface area contributed by atoms with Crippen LogP contribution in [0.25, 0.3) is 11.0 Å². The Bertz CT molecular complexity index is 918. The van der Waals surface area contributed by atoms with Crippen LogP contribution in [-0.2, 0) is 16.0 Å². The first-order chi connectivity index (χ1) is 13.3. The molecule has 2 aromatic carbocycles. The molecule has 1 aromatic heterocycles. The topological polar surface area (TPSA) is 112 Å². The quantitative estimate of drug-likeness (QED) is 0.526. The number of benzene rings is 2. The van der Waals surface area contributed by atoms with Gasteiger partial charge < -0.3 is 11.5 Å². The van der Waals surface area contributed by atoms with Crippen LogP contribution in [0.1, 0.15) is 38.6 Å². The van der Waals surface area contributed by atoms with E-state index in [-0.39, 0.29) is 11.6 Å². The highest BCUT2D eigenvalue weighted by atomic mass is 16.2. The largest absolute Gasteiger partial charge is 0.397 e. The average Bonchev–Trinajstić information content (AvgIpc) is 2.70. The van der Waals surface area contributed by atoms with E-state index in [0.717, 1.165) is 28.8 Å². The van der Waals surface area contributed by atoms with E-state index < -0.39 is 0 Å². The van der Waals surface area contributed by atoms with Gasteiger partial charge in [-0.1, -0.05) is 38.1 Å². The van der Waals surface area contributed by atoms with Crippen LogP contribution < -0.4 is 11.5 Å². The van der Waals surface area contributed by atoms with Gasteiger partial charge in [0.15, 0.2) is 11.6 Å². The van der Waals surface area contributed by atoms with Crippen molar-refractivity contribution in [2.75, 3.05) is 11.5 Å². The molecule has 0 fully saturated rings. The number of hydrogen-bond donors (Lipinski definition) is 2. The van der Waals surface area contributed by atoms with E-state index >= 15 is 0 Å². The smallest absolute Gasteiger partial charge is 0.197 e. The van der Waals surface area contributed by atoms with Crippen molar-refractivity contribution in [1.82, 2.24) is 9.97 Å². The van der Waals surface area contributed by atoms with Gasteiger partial charge in [0.2, 0.25) is 0 Å². The molecular weight excluding hydrogens is 352 g/mol. The zero-order chi connectivity index (χ0) is 21.1. The molecule has 3 aromatic rings. The monoisotopic (exact) mass is 380 g/mol. The Labute approximate surface area is 166 Å². The van der Waals surface area contributed by atoms with E-state index in [4.69, 9.17) is 11.5 Å². The summed E-state index contributed by atoms with van der Waals surface area (Å²) in [5.41, 5.74) is 16.2. The minimum Gasteiger partial charge on any atom is -0.397 e. The van der Waals surface area contributed by atoms with Gasteiger partial charge in [-0.2, -0.15) is 0 Å². The minimum atomic E-state index is -0.345. The van der Waals surface area contributed by atoms with Crippen molar-refractivity contribution < 1.29 is 9.59 Å². The van der Waals surface area contributed by atoms with Gasteiger partial charge in [-0.25, -0.2) is 9.97 Å². The first-order valence-electron chi connectivity index (χ1n) is 9.16. The minimum absolute atomic E-state index is 0.292. The number of hydrogen-bond acceptors (Lipinski definition) is 6. The summed E-state index contributed by atoms with van der Waals surface area (Å²) in [7, 11) is 0. The fourth-order valence-corrected chi connectivity index (χ4v) is 2.22. The maximum Gasteiger partial charge on any atom is 0.197 e. The molecule has 6 heteroatoms. The number of nitrogens with two attached hydrogens (primary N) is 2. The summed E-state index contributed by atoms with van der Waals surface area (Å²) in [6, 6.07) is 15.2. The number of carbonyl (C=O) groups excluding carboxylic acids is 2. The molecule has 4 N–H and O–H groups in total. The predicted molar refractivity (Wildman–Crippen MR) is 115 cm³/mol. The number of fused-ring (bicyclic) bond motifs is 1. The van der Waals surface area contributed by atoms with Gasteiger partial charge in [-0.15, -0.1) is 0 Å². The number of Topliss-reactive ketones (excluding diaryl/α,β-unsaturated/α-hetero) is 2. The van der Waals surface area contributed by atoms with Gasteiger partial charge in [0, 0.05) is 13.3 Å². The van der Waals surface area contributed by atoms with Gasteiger partial charge in [-0.05, 0) is 37.6 Å². The highest BCUT2D eigenvalue weighted by molar-refractivity contribution is 6.36. The van der Waals surface area contributed by atoms with Gasteiger partial charge in [0.1, 0.15) is 0 Å². The maximum absolute atomic E-state index is 10.2. The molecule has 148 valence electrons. The zero-order valence-electron chi connectivity index (χ0n) is 16.9. The highest BCUT2D eigenvalue weighted by Gasteiger charge is 2.01. The van der Waals surface area contributed by atoms with Crippen molar-refractivity contribution in [2.24, 2.45) is 0 Å². The highest BCUT2D eigenvalue weighted by Crippen LogP contribution is 2.12. The summed E-state index contributed by atoms with van der Waals surface area (Å²) in [5.74, 6) is -0.637. The van der Waals surface area contributed by atoms with Gasteiger partial charge >= 0.3 is 0 Å². The summed E-state index contributed by atoms with van der Waals surface area (Å²) < 4.78 is 0. The number of nitrogens with zero attached hydrogens (tertiary/aromatic N) is 2. The Morgan fingerprint density at radius 2 is 1.32 bits per heavy atom. The molecule has 0 atom stereocenters. The average molecular weight is 380 g/mol. The SMILES string of the molecule is CCC(=O)C(C)=O.CCc1nc2ccccc2nc1C.Nc1ccccc1N. The third-order valence-corrected chi connectivity index (χ3v) is 3.89. The number of anilines is 2. The lowest BCUT2D eigenvalue weighted by Crippen LogP contribution is -2.06. The molecule has 3 rings (SSSR count). The zero-order valence-corrected chi connectivity index (χ0v) is 16.9. The Hall–Kier alpha value is -3.28. The third-order valence-electron chi connectivity index (χ3n) is 3.89. The van der Waals surface area contributed by atoms with E-state index in [9.17, 15) is 9.59 Å². The van der Waals surface area contributed by atoms with E-state index in [1.54, 1.807) is 19.1 Å². The second-order valence-electron chi connectivity index (χ2n) is 6.06. The number of nitrogen functional groups attached to an aromatic ring is 2. The van der Waals surface area contributed by atoms with Gasteiger partial charge in [0.25, 0.3) is 0 Å². The Morgan fingerprint density at radius 1 is 0.857 bits per heavy atom. The lowest BCUT2D eigenvalue weighted by Gasteiger charge is -2.03.